The van der Waals surface area contributed by atoms with Gasteiger partial charge in [-0.3, -0.25) is 5.32 Å². The minimum Gasteiger partial charge on any atom is -0.480 e. The SMILES string of the molecule is Cc1cnc(NC(=O)N[C@H](CO)C(=O)O)s1. The number of nitrogens with zero attached hydrogens (tertiary/aromatic N) is 1. The van der Waals surface area contributed by atoms with Gasteiger partial charge in [-0.25, -0.2) is 14.6 Å². The van der Waals surface area contributed by atoms with Gasteiger partial charge in [0, 0.05) is 11.1 Å². The lowest BCUT2D eigenvalue weighted by molar-refractivity contribution is -0.140. The second kappa shape index (κ2) is 5.42. The van der Waals surface area contributed by atoms with Crippen molar-refractivity contribution in [3.63, 3.8) is 0 Å². The number of rotatable bonds is 4. The van der Waals surface area contributed by atoms with Crippen LogP contribution in [0.4, 0.5) is 9.93 Å². The van der Waals surface area contributed by atoms with Crippen LogP contribution >= 0.6 is 11.3 Å². The number of aromatic nitrogens is 1. The molecule has 0 saturated carbocycles. The molecule has 0 radical (unpaired) electrons. The molecule has 0 unspecified atom stereocenters. The van der Waals surface area contributed by atoms with Gasteiger partial charge in [0.1, 0.15) is 0 Å². The van der Waals surface area contributed by atoms with Crippen molar-refractivity contribution in [2.45, 2.75) is 13.0 Å². The van der Waals surface area contributed by atoms with Crippen LogP contribution in [-0.4, -0.2) is 39.8 Å². The van der Waals surface area contributed by atoms with E-state index in [0.717, 1.165) is 4.88 Å². The molecule has 0 aliphatic rings. The number of aliphatic hydroxyl groups excluding tert-OH is 1. The zero-order valence-electron chi connectivity index (χ0n) is 8.43. The molecular weight excluding hydrogens is 234 g/mol. The topological polar surface area (TPSA) is 112 Å². The van der Waals surface area contributed by atoms with Gasteiger partial charge < -0.3 is 15.5 Å². The molecule has 8 heteroatoms. The van der Waals surface area contributed by atoms with E-state index in [1.54, 1.807) is 6.20 Å². The van der Waals surface area contributed by atoms with E-state index in [0.29, 0.717) is 5.13 Å². The summed E-state index contributed by atoms with van der Waals surface area (Å²) in [5.74, 6) is -1.30. The van der Waals surface area contributed by atoms with Gasteiger partial charge in [-0.1, -0.05) is 0 Å². The zero-order valence-corrected chi connectivity index (χ0v) is 9.24. The molecule has 0 aromatic carbocycles. The Bertz CT molecular complexity index is 392. The molecule has 7 nitrogen and oxygen atoms in total. The van der Waals surface area contributed by atoms with Gasteiger partial charge in [0.2, 0.25) is 0 Å². The Morgan fingerprint density at radius 2 is 2.31 bits per heavy atom. The Balaban J connectivity index is 2.50. The van der Waals surface area contributed by atoms with Crippen molar-refractivity contribution in [3.8, 4) is 0 Å². The van der Waals surface area contributed by atoms with Crippen LogP contribution in [0.25, 0.3) is 0 Å². The van der Waals surface area contributed by atoms with Gasteiger partial charge in [0.05, 0.1) is 6.61 Å². The fraction of sp³-hybridized carbons (Fsp3) is 0.375. The monoisotopic (exact) mass is 245 g/mol. The lowest BCUT2D eigenvalue weighted by Gasteiger charge is -2.11. The first-order chi connectivity index (χ1) is 7.52. The number of nitrogens with one attached hydrogen (secondary N) is 2. The number of thiazole rings is 1. The lowest BCUT2D eigenvalue weighted by Crippen LogP contribution is -2.45. The molecule has 88 valence electrons. The minimum absolute atomic E-state index is 0.372. The average Bonchev–Trinajstić information content (AvgIpc) is 2.60. The third-order valence-corrected chi connectivity index (χ3v) is 2.46. The van der Waals surface area contributed by atoms with Crippen molar-refractivity contribution in [2.24, 2.45) is 0 Å². The molecule has 16 heavy (non-hydrogen) atoms. The van der Waals surface area contributed by atoms with Gasteiger partial charge in [-0.05, 0) is 6.92 Å². The number of carboxylic acid groups (broad SMARTS) is 1. The van der Waals surface area contributed by atoms with E-state index in [9.17, 15) is 9.59 Å². The second-order valence-corrected chi connectivity index (χ2v) is 4.18. The number of anilines is 1. The molecule has 1 rings (SSSR count). The van der Waals surface area contributed by atoms with Crippen molar-refractivity contribution in [1.82, 2.24) is 10.3 Å². The molecule has 2 amide bonds. The Morgan fingerprint density at radius 3 is 2.75 bits per heavy atom. The van der Waals surface area contributed by atoms with Crippen LogP contribution in [0.3, 0.4) is 0 Å². The lowest BCUT2D eigenvalue weighted by atomic mass is 10.3. The highest BCUT2D eigenvalue weighted by Crippen LogP contribution is 2.15. The number of aliphatic carboxylic acids is 1. The maximum Gasteiger partial charge on any atom is 0.328 e. The molecule has 1 heterocycles. The third-order valence-electron chi connectivity index (χ3n) is 1.63. The number of amides is 2. The number of aryl methyl sites for hydroxylation is 1. The van der Waals surface area contributed by atoms with E-state index in [1.165, 1.54) is 11.3 Å². The van der Waals surface area contributed by atoms with Crippen LogP contribution in [0.15, 0.2) is 6.20 Å². The van der Waals surface area contributed by atoms with Crippen LogP contribution in [0.2, 0.25) is 0 Å². The summed E-state index contributed by atoms with van der Waals surface area (Å²) in [6.07, 6.45) is 1.58. The smallest absolute Gasteiger partial charge is 0.328 e. The molecular formula is C8H11N3O4S. The summed E-state index contributed by atoms with van der Waals surface area (Å²) < 4.78 is 0. The van der Waals surface area contributed by atoms with E-state index >= 15 is 0 Å². The number of urea groups is 1. The van der Waals surface area contributed by atoms with Crippen molar-refractivity contribution in [2.75, 3.05) is 11.9 Å². The van der Waals surface area contributed by atoms with Crippen LogP contribution in [0.5, 0.6) is 0 Å². The summed E-state index contributed by atoms with van der Waals surface area (Å²) in [6.45, 7) is 1.16. The largest absolute Gasteiger partial charge is 0.480 e. The van der Waals surface area contributed by atoms with E-state index in [-0.39, 0.29) is 0 Å². The predicted octanol–water partition coefficient (Wildman–Crippen LogP) is 0.0185. The summed E-state index contributed by atoms with van der Waals surface area (Å²) in [7, 11) is 0. The van der Waals surface area contributed by atoms with E-state index in [1.807, 2.05) is 6.92 Å². The van der Waals surface area contributed by atoms with Gasteiger partial charge in [0.25, 0.3) is 0 Å². The summed E-state index contributed by atoms with van der Waals surface area (Å²) in [5.41, 5.74) is 0. The first-order valence-corrected chi connectivity index (χ1v) is 5.18. The Labute approximate surface area is 95.1 Å². The minimum atomic E-state index is -1.32. The highest BCUT2D eigenvalue weighted by molar-refractivity contribution is 7.15. The normalized spacial score (nSPS) is 11.9. The zero-order chi connectivity index (χ0) is 12.1. The predicted molar refractivity (Wildman–Crippen MR) is 57.5 cm³/mol. The van der Waals surface area contributed by atoms with E-state index < -0.39 is 24.6 Å². The number of hydrogen-bond acceptors (Lipinski definition) is 5. The van der Waals surface area contributed by atoms with Crippen molar-refractivity contribution in [3.05, 3.63) is 11.1 Å². The summed E-state index contributed by atoms with van der Waals surface area (Å²) in [4.78, 5) is 26.6. The van der Waals surface area contributed by atoms with Crippen molar-refractivity contribution in [1.29, 1.82) is 0 Å². The molecule has 1 atom stereocenters. The Hall–Kier alpha value is -1.67. The highest BCUT2D eigenvalue weighted by atomic mass is 32.1. The van der Waals surface area contributed by atoms with Crippen LogP contribution < -0.4 is 10.6 Å². The van der Waals surface area contributed by atoms with Crippen LogP contribution in [-0.2, 0) is 4.79 Å². The average molecular weight is 245 g/mol. The molecule has 1 aromatic rings. The maximum absolute atomic E-state index is 11.3. The molecule has 0 spiro atoms. The molecule has 1 aromatic heterocycles. The Kier molecular flexibility index (Phi) is 4.20. The van der Waals surface area contributed by atoms with E-state index in [4.69, 9.17) is 10.2 Å². The first-order valence-electron chi connectivity index (χ1n) is 4.36. The number of carbonyl (C=O) groups is 2. The number of carbonyl (C=O) groups excluding carboxylic acids is 1. The number of hydrogen-bond donors (Lipinski definition) is 4. The Morgan fingerprint density at radius 1 is 1.62 bits per heavy atom. The highest BCUT2D eigenvalue weighted by Gasteiger charge is 2.18. The summed E-state index contributed by atoms with van der Waals surface area (Å²) in [5, 5.41) is 22.1. The molecule has 0 saturated heterocycles. The van der Waals surface area contributed by atoms with Gasteiger partial charge in [0.15, 0.2) is 11.2 Å². The molecule has 0 bridgehead atoms. The van der Waals surface area contributed by atoms with Crippen molar-refractivity contribution < 1.29 is 19.8 Å². The summed E-state index contributed by atoms with van der Waals surface area (Å²) >= 11 is 1.27. The van der Waals surface area contributed by atoms with Crippen LogP contribution in [0, 0.1) is 6.92 Å². The van der Waals surface area contributed by atoms with Gasteiger partial charge in [-0.2, -0.15) is 0 Å². The quantitative estimate of drug-likeness (QED) is 0.597. The van der Waals surface area contributed by atoms with Crippen molar-refractivity contribution >= 4 is 28.5 Å². The summed E-state index contributed by atoms with van der Waals surface area (Å²) in [6, 6.07) is -2.03. The number of carboxylic acids is 1. The van der Waals surface area contributed by atoms with Crippen LogP contribution in [0.1, 0.15) is 4.88 Å². The third kappa shape index (κ3) is 3.48. The maximum atomic E-state index is 11.3. The second-order valence-electron chi connectivity index (χ2n) is 2.95. The molecule has 4 N–H and O–H groups in total. The molecule has 0 aliphatic carbocycles. The molecule has 0 fully saturated rings. The fourth-order valence-corrected chi connectivity index (χ4v) is 1.55. The first kappa shape index (κ1) is 12.4. The van der Waals surface area contributed by atoms with Gasteiger partial charge >= 0.3 is 12.0 Å². The van der Waals surface area contributed by atoms with E-state index in [2.05, 4.69) is 15.6 Å². The standard InChI is InChI=1S/C8H11N3O4S/c1-4-2-9-8(16-4)11-7(15)10-5(3-12)6(13)14/h2,5,12H,3H2,1H3,(H,13,14)(H2,9,10,11,15)/t5-/m1/s1. The fourth-order valence-electron chi connectivity index (χ4n) is 0.889. The molecule has 0 aliphatic heterocycles. The number of aliphatic hydroxyl groups is 1. The van der Waals surface area contributed by atoms with Gasteiger partial charge in [-0.15, -0.1) is 11.3 Å².